The molecule has 0 aliphatic carbocycles. The molecule has 1 aromatic heterocycles. The van der Waals surface area contributed by atoms with Crippen LogP contribution in [0.4, 0.5) is 6.01 Å². The summed E-state index contributed by atoms with van der Waals surface area (Å²) in [6.45, 7) is 1.40. The topological polar surface area (TPSA) is 84.6 Å². The second kappa shape index (κ2) is 6.02. The van der Waals surface area contributed by atoms with Gasteiger partial charge >= 0.3 is 5.97 Å². The number of oxazole rings is 1. The lowest BCUT2D eigenvalue weighted by Gasteiger charge is -2.00. The van der Waals surface area contributed by atoms with E-state index in [-0.39, 0.29) is 11.7 Å². The minimum atomic E-state index is -1.09. The minimum absolute atomic E-state index is 0.0885. The van der Waals surface area contributed by atoms with Gasteiger partial charge in [-0.05, 0) is 12.8 Å². The van der Waals surface area contributed by atoms with E-state index in [1.165, 1.54) is 0 Å². The van der Waals surface area contributed by atoms with Crippen LogP contribution in [0.25, 0.3) is 0 Å². The van der Waals surface area contributed by atoms with Crippen molar-refractivity contribution in [3.63, 3.8) is 0 Å². The number of carboxylic acids is 1. The molecule has 1 heterocycles. The van der Waals surface area contributed by atoms with E-state index in [0.717, 1.165) is 19.1 Å². The molecule has 0 radical (unpaired) electrons. The van der Waals surface area contributed by atoms with Crippen LogP contribution in [-0.2, 0) is 4.74 Å². The predicted molar refractivity (Wildman–Crippen MR) is 53.1 cm³/mol. The molecule has 1 aromatic rings. The number of nitrogens with one attached hydrogen (secondary N) is 1. The first-order valence-electron chi connectivity index (χ1n) is 4.65. The number of methoxy groups -OCH3 is 1. The van der Waals surface area contributed by atoms with Gasteiger partial charge in [0.1, 0.15) is 6.26 Å². The van der Waals surface area contributed by atoms with Crippen LogP contribution in [0.3, 0.4) is 0 Å². The van der Waals surface area contributed by atoms with Gasteiger partial charge in [-0.15, -0.1) is 0 Å². The summed E-state index contributed by atoms with van der Waals surface area (Å²) in [5, 5.41) is 11.5. The maximum absolute atomic E-state index is 10.5. The monoisotopic (exact) mass is 214 g/mol. The molecule has 0 atom stereocenters. The van der Waals surface area contributed by atoms with E-state index in [1.807, 2.05) is 0 Å². The molecular formula is C9H14N2O4. The predicted octanol–water partition coefficient (Wildman–Crippen LogP) is 1.21. The van der Waals surface area contributed by atoms with Crippen molar-refractivity contribution in [3.8, 4) is 0 Å². The van der Waals surface area contributed by atoms with E-state index in [0.29, 0.717) is 13.2 Å². The summed E-state index contributed by atoms with van der Waals surface area (Å²) in [4.78, 5) is 14.2. The summed E-state index contributed by atoms with van der Waals surface area (Å²) in [7, 11) is 1.65. The third-order valence-corrected chi connectivity index (χ3v) is 1.77. The van der Waals surface area contributed by atoms with Crippen LogP contribution in [-0.4, -0.2) is 36.3 Å². The number of nitrogens with zero attached hydrogens (tertiary/aromatic N) is 1. The van der Waals surface area contributed by atoms with E-state index in [2.05, 4.69) is 10.3 Å². The Labute approximate surface area is 87.3 Å². The molecule has 0 fully saturated rings. The zero-order chi connectivity index (χ0) is 11.1. The van der Waals surface area contributed by atoms with Crippen LogP contribution < -0.4 is 5.32 Å². The molecule has 6 nitrogen and oxygen atoms in total. The van der Waals surface area contributed by atoms with Gasteiger partial charge in [-0.25, -0.2) is 4.79 Å². The lowest BCUT2D eigenvalue weighted by molar-refractivity contribution is 0.0690. The summed E-state index contributed by atoms with van der Waals surface area (Å²) in [5.41, 5.74) is -0.0885. The first kappa shape index (κ1) is 11.5. The zero-order valence-corrected chi connectivity index (χ0v) is 8.52. The highest BCUT2D eigenvalue weighted by atomic mass is 16.5. The van der Waals surface area contributed by atoms with Crippen LogP contribution >= 0.6 is 0 Å². The lowest BCUT2D eigenvalue weighted by atomic mass is 10.3. The molecule has 0 aliphatic heterocycles. The van der Waals surface area contributed by atoms with Gasteiger partial charge < -0.3 is 19.6 Å². The normalized spacial score (nSPS) is 10.2. The third kappa shape index (κ3) is 3.99. The number of hydrogen-bond donors (Lipinski definition) is 2. The zero-order valence-electron chi connectivity index (χ0n) is 8.52. The molecule has 0 amide bonds. The number of carboxylic acid groups (broad SMARTS) is 1. The van der Waals surface area contributed by atoms with E-state index in [9.17, 15) is 4.79 Å². The van der Waals surface area contributed by atoms with Gasteiger partial charge in [-0.3, -0.25) is 0 Å². The Morgan fingerprint density at radius 3 is 3.07 bits per heavy atom. The average molecular weight is 214 g/mol. The van der Waals surface area contributed by atoms with Crippen molar-refractivity contribution in [1.29, 1.82) is 0 Å². The van der Waals surface area contributed by atoms with Crippen molar-refractivity contribution in [2.75, 3.05) is 25.6 Å². The molecule has 15 heavy (non-hydrogen) atoms. The molecule has 0 spiro atoms. The summed E-state index contributed by atoms with van der Waals surface area (Å²) in [6, 6.07) is 0.241. The number of carbonyl (C=O) groups is 1. The quantitative estimate of drug-likeness (QED) is 0.663. The molecule has 0 bridgehead atoms. The van der Waals surface area contributed by atoms with Gasteiger partial charge in [0, 0.05) is 20.3 Å². The Balaban J connectivity index is 2.23. The number of aromatic nitrogens is 1. The van der Waals surface area contributed by atoms with Crippen LogP contribution in [0.1, 0.15) is 23.3 Å². The molecule has 0 aliphatic rings. The number of hydrogen-bond acceptors (Lipinski definition) is 5. The largest absolute Gasteiger partial charge is 0.476 e. The van der Waals surface area contributed by atoms with E-state index in [4.69, 9.17) is 14.3 Å². The van der Waals surface area contributed by atoms with E-state index in [1.54, 1.807) is 7.11 Å². The van der Waals surface area contributed by atoms with Crippen LogP contribution in [0, 0.1) is 0 Å². The van der Waals surface area contributed by atoms with Crippen LogP contribution in [0.15, 0.2) is 10.7 Å². The smallest absolute Gasteiger partial charge is 0.357 e. The standard InChI is InChI=1S/C9H14N2O4/c1-14-5-3-2-4-10-9-11-7(6-15-9)8(12)13/h6H,2-5H2,1H3,(H,10,11)(H,12,13). The van der Waals surface area contributed by atoms with Gasteiger partial charge in [0.05, 0.1) is 0 Å². The van der Waals surface area contributed by atoms with Gasteiger partial charge in [-0.2, -0.15) is 4.98 Å². The number of anilines is 1. The highest BCUT2D eigenvalue weighted by Crippen LogP contribution is 2.07. The Kier molecular flexibility index (Phi) is 4.62. The Morgan fingerprint density at radius 1 is 1.67 bits per heavy atom. The molecule has 6 heteroatoms. The van der Waals surface area contributed by atoms with Crippen LogP contribution in [0.2, 0.25) is 0 Å². The maximum Gasteiger partial charge on any atom is 0.357 e. The SMILES string of the molecule is COCCCCNc1nc(C(=O)O)co1. The number of aromatic carboxylic acids is 1. The van der Waals surface area contributed by atoms with Gasteiger partial charge in [0.2, 0.25) is 0 Å². The maximum atomic E-state index is 10.5. The second-order valence-corrected chi connectivity index (χ2v) is 2.97. The second-order valence-electron chi connectivity index (χ2n) is 2.97. The minimum Gasteiger partial charge on any atom is -0.476 e. The highest BCUT2D eigenvalue weighted by Gasteiger charge is 2.09. The molecule has 84 valence electrons. The fourth-order valence-corrected chi connectivity index (χ4v) is 1.02. The summed E-state index contributed by atoms with van der Waals surface area (Å²) < 4.78 is 9.78. The molecule has 2 N–H and O–H groups in total. The van der Waals surface area contributed by atoms with Crippen LogP contribution in [0.5, 0.6) is 0 Å². The first-order valence-corrected chi connectivity index (χ1v) is 4.65. The third-order valence-electron chi connectivity index (χ3n) is 1.77. The summed E-state index contributed by atoms with van der Waals surface area (Å²) in [5.74, 6) is -1.09. The summed E-state index contributed by atoms with van der Waals surface area (Å²) >= 11 is 0. The van der Waals surface area contributed by atoms with Gasteiger partial charge in [0.25, 0.3) is 6.01 Å². The molecule has 0 saturated carbocycles. The Hall–Kier alpha value is -1.56. The average Bonchev–Trinajstić information content (AvgIpc) is 2.66. The van der Waals surface area contributed by atoms with Crippen molar-refractivity contribution < 1.29 is 19.1 Å². The highest BCUT2D eigenvalue weighted by molar-refractivity contribution is 5.85. The molecule has 0 saturated heterocycles. The lowest BCUT2D eigenvalue weighted by Crippen LogP contribution is -2.04. The van der Waals surface area contributed by atoms with E-state index < -0.39 is 5.97 Å². The number of rotatable bonds is 7. The van der Waals surface area contributed by atoms with Crippen molar-refractivity contribution in [1.82, 2.24) is 4.98 Å². The van der Waals surface area contributed by atoms with Crippen molar-refractivity contribution >= 4 is 12.0 Å². The van der Waals surface area contributed by atoms with E-state index >= 15 is 0 Å². The molecule has 0 aromatic carbocycles. The fraction of sp³-hybridized carbons (Fsp3) is 0.556. The fourth-order valence-electron chi connectivity index (χ4n) is 1.02. The molecule has 1 rings (SSSR count). The number of ether oxygens (including phenoxy) is 1. The van der Waals surface area contributed by atoms with Gasteiger partial charge in [-0.1, -0.05) is 0 Å². The summed E-state index contributed by atoms with van der Waals surface area (Å²) in [6.07, 6.45) is 2.97. The molecule has 0 unspecified atom stereocenters. The van der Waals surface area contributed by atoms with Crippen molar-refractivity contribution in [2.24, 2.45) is 0 Å². The molecular weight excluding hydrogens is 200 g/mol. The van der Waals surface area contributed by atoms with Gasteiger partial charge in [0.15, 0.2) is 5.69 Å². The first-order chi connectivity index (χ1) is 7.24. The Morgan fingerprint density at radius 2 is 2.47 bits per heavy atom. The Bertz CT molecular complexity index is 311. The van der Waals surface area contributed by atoms with Crippen molar-refractivity contribution in [3.05, 3.63) is 12.0 Å². The van der Waals surface area contributed by atoms with Crippen molar-refractivity contribution in [2.45, 2.75) is 12.8 Å². The number of unbranched alkanes of at least 4 members (excludes halogenated alkanes) is 1.